The molecule has 22 heavy (non-hydrogen) atoms. The van der Waals surface area contributed by atoms with Crippen LogP contribution in [-0.2, 0) is 11.3 Å². The Balaban J connectivity index is 1.38. The highest BCUT2D eigenvalue weighted by Gasteiger charge is 2.22. The van der Waals surface area contributed by atoms with Crippen molar-refractivity contribution in [3.63, 3.8) is 0 Å². The quantitative estimate of drug-likeness (QED) is 0.839. The molecule has 1 aromatic heterocycles. The minimum absolute atomic E-state index is 0.368. The first-order chi connectivity index (χ1) is 10.8. The van der Waals surface area contributed by atoms with E-state index >= 15 is 0 Å². The number of carbonyl (C=O) groups excluding carboxylic acids is 1. The molecule has 1 saturated heterocycles. The van der Waals surface area contributed by atoms with Crippen LogP contribution in [0.4, 0.5) is 0 Å². The fourth-order valence-electron chi connectivity index (χ4n) is 3.69. The Morgan fingerprint density at radius 1 is 1.18 bits per heavy atom. The number of nitrogens with zero attached hydrogens (tertiary/aromatic N) is 3. The van der Waals surface area contributed by atoms with Gasteiger partial charge in [-0.05, 0) is 24.0 Å². The lowest BCUT2D eigenvalue weighted by atomic mass is 10.0. The van der Waals surface area contributed by atoms with Gasteiger partial charge in [0.2, 0.25) is 5.91 Å². The SMILES string of the molecule is O=C(CCC1CCCC1)N1CCN(Cc2cccnc2)CC1. The third-order valence-corrected chi connectivity index (χ3v) is 5.10. The van der Waals surface area contributed by atoms with Crippen molar-refractivity contribution in [1.29, 1.82) is 0 Å². The van der Waals surface area contributed by atoms with E-state index in [0.29, 0.717) is 5.91 Å². The molecule has 2 heterocycles. The molecule has 1 aliphatic carbocycles. The lowest BCUT2D eigenvalue weighted by Gasteiger charge is -2.35. The maximum Gasteiger partial charge on any atom is 0.222 e. The number of carbonyl (C=O) groups is 1. The first-order valence-electron chi connectivity index (χ1n) is 8.70. The molecule has 0 N–H and O–H groups in total. The van der Waals surface area contributed by atoms with E-state index in [-0.39, 0.29) is 0 Å². The molecule has 0 spiro atoms. The van der Waals surface area contributed by atoms with Crippen LogP contribution >= 0.6 is 0 Å². The summed E-state index contributed by atoms with van der Waals surface area (Å²) < 4.78 is 0. The van der Waals surface area contributed by atoms with E-state index in [2.05, 4.69) is 20.9 Å². The van der Waals surface area contributed by atoms with Crippen LogP contribution in [0.25, 0.3) is 0 Å². The van der Waals surface area contributed by atoms with E-state index < -0.39 is 0 Å². The number of pyridine rings is 1. The third-order valence-electron chi connectivity index (χ3n) is 5.10. The minimum atomic E-state index is 0.368. The van der Waals surface area contributed by atoms with Crippen molar-refractivity contribution < 1.29 is 4.79 Å². The first-order valence-corrected chi connectivity index (χ1v) is 8.70. The molecule has 2 fully saturated rings. The minimum Gasteiger partial charge on any atom is -0.340 e. The van der Waals surface area contributed by atoms with Gasteiger partial charge < -0.3 is 4.90 Å². The Hall–Kier alpha value is -1.42. The van der Waals surface area contributed by atoms with Gasteiger partial charge in [-0.3, -0.25) is 14.7 Å². The summed E-state index contributed by atoms with van der Waals surface area (Å²) in [6.07, 6.45) is 11.0. The van der Waals surface area contributed by atoms with Crippen molar-refractivity contribution in [2.24, 2.45) is 5.92 Å². The molecule has 0 bridgehead atoms. The van der Waals surface area contributed by atoms with Crippen molar-refractivity contribution in [3.05, 3.63) is 30.1 Å². The predicted molar refractivity (Wildman–Crippen MR) is 87.3 cm³/mol. The maximum atomic E-state index is 12.3. The maximum absolute atomic E-state index is 12.3. The molecule has 120 valence electrons. The van der Waals surface area contributed by atoms with Crippen molar-refractivity contribution >= 4 is 5.91 Å². The van der Waals surface area contributed by atoms with Crippen molar-refractivity contribution in [1.82, 2.24) is 14.8 Å². The van der Waals surface area contributed by atoms with Gasteiger partial charge in [-0.2, -0.15) is 0 Å². The van der Waals surface area contributed by atoms with E-state index in [1.807, 2.05) is 18.5 Å². The van der Waals surface area contributed by atoms with Gasteiger partial charge >= 0.3 is 0 Å². The first kappa shape index (κ1) is 15.5. The zero-order chi connectivity index (χ0) is 15.2. The largest absolute Gasteiger partial charge is 0.340 e. The molecule has 4 nitrogen and oxygen atoms in total. The number of piperazine rings is 1. The van der Waals surface area contributed by atoms with Crippen molar-refractivity contribution in [2.75, 3.05) is 26.2 Å². The van der Waals surface area contributed by atoms with Crippen LogP contribution in [-0.4, -0.2) is 46.9 Å². The molecule has 4 heteroatoms. The molecule has 1 saturated carbocycles. The summed E-state index contributed by atoms with van der Waals surface area (Å²) >= 11 is 0. The molecule has 0 aromatic carbocycles. The van der Waals surface area contributed by atoms with E-state index in [4.69, 9.17) is 0 Å². The van der Waals surface area contributed by atoms with Crippen LogP contribution in [0.5, 0.6) is 0 Å². The number of hydrogen-bond acceptors (Lipinski definition) is 3. The van der Waals surface area contributed by atoms with Gasteiger partial charge in [-0.15, -0.1) is 0 Å². The molecule has 0 unspecified atom stereocenters. The molecule has 0 radical (unpaired) electrons. The number of rotatable bonds is 5. The molecule has 1 amide bonds. The van der Waals surface area contributed by atoms with Gasteiger partial charge in [0.1, 0.15) is 0 Å². The number of amides is 1. The number of hydrogen-bond donors (Lipinski definition) is 0. The average molecular weight is 301 g/mol. The molecule has 1 aliphatic heterocycles. The number of aromatic nitrogens is 1. The van der Waals surface area contributed by atoms with Gasteiger partial charge in [0.05, 0.1) is 0 Å². The Bertz CT molecular complexity index is 462. The van der Waals surface area contributed by atoms with E-state index in [1.54, 1.807) is 0 Å². The Morgan fingerprint density at radius 3 is 2.64 bits per heavy atom. The van der Waals surface area contributed by atoms with Gasteiger partial charge in [0, 0.05) is 51.5 Å². The zero-order valence-corrected chi connectivity index (χ0v) is 13.4. The van der Waals surface area contributed by atoms with E-state index in [0.717, 1.165) is 51.5 Å². The van der Waals surface area contributed by atoms with Crippen molar-refractivity contribution in [3.8, 4) is 0 Å². The fraction of sp³-hybridized carbons (Fsp3) is 0.667. The highest BCUT2D eigenvalue weighted by Crippen LogP contribution is 2.28. The second kappa shape index (κ2) is 7.73. The van der Waals surface area contributed by atoms with Crippen LogP contribution in [0.2, 0.25) is 0 Å². The smallest absolute Gasteiger partial charge is 0.222 e. The van der Waals surface area contributed by atoms with Gasteiger partial charge in [-0.25, -0.2) is 0 Å². The fourth-order valence-corrected chi connectivity index (χ4v) is 3.69. The van der Waals surface area contributed by atoms with Crippen molar-refractivity contribution in [2.45, 2.75) is 45.1 Å². The van der Waals surface area contributed by atoms with Crippen LogP contribution in [0.3, 0.4) is 0 Å². The highest BCUT2D eigenvalue weighted by molar-refractivity contribution is 5.76. The molecular weight excluding hydrogens is 274 g/mol. The third kappa shape index (κ3) is 4.29. The van der Waals surface area contributed by atoms with Crippen LogP contribution < -0.4 is 0 Å². The molecule has 3 rings (SSSR count). The molecule has 1 aromatic rings. The van der Waals surface area contributed by atoms with E-state index in [9.17, 15) is 4.79 Å². The summed E-state index contributed by atoms with van der Waals surface area (Å²) in [5.74, 6) is 1.18. The summed E-state index contributed by atoms with van der Waals surface area (Å²) in [6.45, 7) is 4.65. The zero-order valence-electron chi connectivity index (χ0n) is 13.4. The average Bonchev–Trinajstić information content (AvgIpc) is 3.08. The summed E-state index contributed by atoms with van der Waals surface area (Å²) in [6, 6.07) is 4.10. The molecule has 2 aliphatic rings. The van der Waals surface area contributed by atoms with Crippen LogP contribution in [0, 0.1) is 5.92 Å². The normalized spacial score (nSPS) is 20.5. The molecule has 0 atom stereocenters. The second-order valence-corrected chi connectivity index (χ2v) is 6.71. The lowest BCUT2D eigenvalue weighted by Crippen LogP contribution is -2.48. The standard InChI is InChI=1S/C18H27N3O/c22-18(8-7-16-4-1-2-5-16)21-12-10-20(11-13-21)15-17-6-3-9-19-14-17/h3,6,9,14,16H,1-2,4-5,7-8,10-13,15H2. The van der Waals surface area contributed by atoms with Crippen LogP contribution in [0.1, 0.15) is 44.1 Å². The summed E-state index contributed by atoms with van der Waals surface area (Å²) in [7, 11) is 0. The van der Waals surface area contributed by atoms with Crippen LogP contribution in [0.15, 0.2) is 24.5 Å². The highest BCUT2D eigenvalue weighted by atomic mass is 16.2. The molecular formula is C18H27N3O. The lowest BCUT2D eigenvalue weighted by molar-refractivity contribution is -0.133. The summed E-state index contributed by atoms with van der Waals surface area (Å²) in [5.41, 5.74) is 1.25. The van der Waals surface area contributed by atoms with Gasteiger partial charge in [0.15, 0.2) is 0 Å². The van der Waals surface area contributed by atoms with Gasteiger partial charge in [0.25, 0.3) is 0 Å². The second-order valence-electron chi connectivity index (χ2n) is 6.71. The summed E-state index contributed by atoms with van der Waals surface area (Å²) in [4.78, 5) is 21.0. The van der Waals surface area contributed by atoms with E-state index in [1.165, 1.54) is 31.2 Å². The summed E-state index contributed by atoms with van der Waals surface area (Å²) in [5, 5.41) is 0. The monoisotopic (exact) mass is 301 g/mol. The van der Waals surface area contributed by atoms with Gasteiger partial charge in [-0.1, -0.05) is 31.7 Å². The topological polar surface area (TPSA) is 36.4 Å². The Kier molecular flexibility index (Phi) is 5.43. The Morgan fingerprint density at radius 2 is 1.95 bits per heavy atom. The predicted octanol–water partition coefficient (Wildman–Crippen LogP) is 2.70. The Labute approximate surface area is 133 Å².